The normalized spacial score (nSPS) is 16.8. The molecule has 1 heterocycles. The highest BCUT2D eigenvalue weighted by atomic mass is 16.2. The van der Waals surface area contributed by atoms with Gasteiger partial charge in [0.05, 0.1) is 32.7 Å². The minimum atomic E-state index is -0.610. The molecule has 5 N–H and O–H groups in total. The van der Waals surface area contributed by atoms with Crippen LogP contribution in [0.1, 0.15) is 140 Å². The van der Waals surface area contributed by atoms with Gasteiger partial charge in [-0.3, -0.25) is 62.6 Å². The maximum Gasteiger partial charge on any atom is 0.239 e. The summed E-state index contributed by atoms with van der Waals surface area (Å²) in [5, 5.41) is 12.3. The average Bonchev–Trinajstić information content (AvgIpc) is 3.49. The number of hydrogen-bond acceptors (Lipinski definition) is 14. The molecule has 1 aromatic rings. The maximum absolute atomic E-state index is 13.3. The average molecular weight is 979 g/mol. The van der Waals surface area contributed by atoms with Crippen molar-refractivity contribution in [2.45, 2.75) is 149 Å². The monoisotopic (exact) mass is 979 g/mol. The number of nitrogens with one attached hydrogen (secondary N) is 5. The Kier molecular flexibility index (Phi) is 26.0. The Morgan fingerprint density at radius 2 is 0.929 bits per heavy atom. The van der Waals surface area contributed by atoms with Gasteiger partial charge in [-0.15, -0.1) is 0 Å². The maximum atomic E-state index is 13.3. The van der Waals surface area contributed by atoms with Crippen LogP contribution in [0.5, 0.6) is 0 Å². The second kappa shape index (κ2) is 30.9. The van der Waals surface area contributed by atoms with Gasteiger partial charge in [-0.2, -0.15) is 0 Å². The number of amides is 5. The third kappa shape index (κ3) is 20.8. The van der Waals surface area contributed by atoms with Crippen LogP contribution in [0.25, 0.3) is 0 Å². The second-order valence-corrected chi connectivity index (χ2v) is 18.5. The SMILES string of the molecule is CCN1CC(CCC(=O)NCC(=O)Cc2ccc(C(=O)CCC(=O)NCC(=O)CCC(=O)NCC(=O)CCC(=O)NCC(=O)NCC(=O)CCC(C)=O)cc2)(N(CC)CC)CN(CC)[C@@H]2CCCC[C@H]21. The largest absolute Gasteiger partial charge is 0.349 e. The van der Waals surface area contributed by atoms with Gasteiger partial charge < -0.3 is 31.4 Å². The standard InChI is InChI=1S/C51H78N8O11/c1-6-57-34-51(59(8-3)9-4,35-58(7-2)44-13-11-10-12-43(44)57)27-26-49(69)54-32-42(64)28-37-15-17-38(18-16-37)45(65)22-25-48(68)53-30-40(62)20-23-46(66)52-29-41(63)21-24-47(67)56-33-50(70)55-31-39(61)19-14-36(5)60/h15-18,43-44H,6-14,19-35H2,1-5H3,(H,52,66)(H,53,68)(H,54,69)(H,55,70)(H,56,67)/t43-,44-/m1/s1. The smallest absolute Gasteiger partial charge is 0.239 e. The van der Waals surface area contributed by atoms with Crippen LogP contribution in [0, 0.1) is 0 Å². The molecule has 2 aliphatic rings. The Morgan fingerprint density at radius 3 is 1.39 bits per heavy atom. The number of Topliss-reactive ketones (excluding diaryl/α,β-unsaturated/α-hetero) is 6. The molecule has 1 saturated heterocycles. The van der Waals surface area contributed by atoms with Crippen LogP contribution < -0.4 is 26.6 Å². The summed E-state index contributed by atoms with van der Waals surface area (Å²) in [6.45, 7) is 14.3. The fourth-order valence-corrected chi connectivity index (χ4v) is 9.37. The molecule has 19 nitrogen and oxygen atoms in total. The van der Waals surface area contributed by atoms with E-state index in [4.69, 9.17) is 0 Å². The summed E-state index contributed by atoms with van der Waals surface area (Å²) in [6, 6.07) is 7.59. The number of fused-ring (bicyclic) bond motifs is 1. The zero-order chi connectivity index (χ0) is 51.6. The number of carbonyl (C=O) groups excluding carboxylic acids is 11. The molecule has 3 rings (SSSR count). The van der Waals surface area contributed by atoms with Gasteiger partial charge in [0.25, 0.3) is 0 Å². The highest BCUT2D eigenvalue weighted by molar-refractivity contribution is 5.99. The summed E-state index contributed by atoms with van der Waals surface area (Å²) in [7, 11) is 0. The molecule has 0 unspecified atom stereocenters. The van der Waals surface area contributed by atoms with E-state index in [9.17, 15) is 52.7 Å². The summed E-state index contributed by atoms with van der Waals surface area (Å²) in [6.07, 6.45) is 4.94. The van der Waals surface area contributed by atoms with E-state index < -0.39 is 41.7 Å². The van der Waals surface area contributed by atoms with Crippen molar-refractivity contribution in [2.75, 3.05) is 72.0 Å². The quantitative estimate of drug-likeness (QED) is 0.0630. The van der Waals surface area contributed by atoms with Gasteiger partial charge in [0.1, 0.15) is 5.78 Å². The first-order valence-electron chi connectivity index (χ1n) is 25.2. The third-order valence-electron chi connectivity index (χ3n) is 13.3. The van der Waals surface area contributed by atoms with Crippen LogP contribution >= 0.6 is 0 Å². The van der Waals surface area contributed by atoms with E-state index in [2.05, 4.69) is 69.0 Å². The van der Waals surface area contributed by atoms with Crippen molar-refractivity contribution in [3.8, 4) is 0 Å². The molecule has 0 spiro atoms. The number of rotatable bonds is 33. The van der Waals surface area contributed by atoms with E-state index in [1.807, 2.05) is 0 Å². The lowest BCUT2D eigenvalue weighted by molar-refractivity contribution is -0.129. The molecule has 1 saturated carbocycles. The molecule has 0 aromatic heterocycles. The predicted octanol–water partition coefficient (Wildman–Crippen LogP) is 1.81. The van der Waals surface area contributed by atoms with Crippen LogP contribution in [-0.2, 0) is 54.4 Å². The lowest BCUT2D eigenvalue weighted by Crippen LogP contribution is -2.60. The third-order valence-corrected chi connectivity index (χ3v) is 13.3. The van der Waals surface area contributed by atoms with Crippen molar-refractivity contribution in [3.63, 3.8) is 0 Å². The molecule has 2 atom stereocenters. The van der Waals surface area contributed by atoms with Gasteiger partial charge in [0, 0.05) is 100 Å². The van der Waals surface area contributed by atoms with E-state index in [0.717, 1.165) is 39.3 Å². The van der Waals surface area contributed by atoms with Crippen LogP contribution in [0.15, 0.2) is 24.3 Å². The van der Waals surface area contributed by atoms with Gasteiger partial charge in [0.2, 0.25) is 29.5 Å². The number of hydrogen-bond donors (Lipinski definition) is 5. The van der Waals surface area contributed by atoms with Gasteiger partial charge in [0.15, 0.2) is 28.9 Å². The van der Waals surface area contributed by atoms with Crippen molar-refractivity contribution >= 4 is 64.2 Å². The Balaban J connectivity index is 1.30. The van der Waals surface area contributed by atoms with Gasteiger partial charge in [-0.05, 0) is 57.9 Å². The summed E-state index contributed by atoms with van der Waals surface area (Å²) < 4.78 is 0. The van der Waals surface area contributed by atoms with Crippen molar-refractivity contribution < 1.29 is 52.7 Å². The first-order chi connectivity index (χ1) is 33.4. The molecular formula is C51H78N8O11. The summed E-state index contributed by atoms with van der Waals surface area (Å²) >= 11 is 0. The molecule has 388 valence electrons. The Hall–Kier alpha value is -5.53. The minimum Gasteiger partial charge on any atom is -0.349 e. The molecule has 70 heavy (non-hydrogen) atoms. The number of ketones is 6. The van der Waals surface area contributed by atoms with Gasteiger partial charge >= 0.3 is 0 Å². The minimum absolute atomic E-state index is 0.00880. The van der Waals surface area contributed by atoms with E-state index in [0.29, 0.717) is 36.1 Å². The van der Waals surface area contributed by atoms with E-state index in [-0.39, 0.29) is 119 Å². The van der Waals surface area contributed by atoms with Gasteiger partial charge in [-0.1, -0.05) is 64.8 Å². The first-order valence-corrected chi connectivity index (χ1v) is 25.2. The predicted molar refractivity (Wildman–Crippen MR) is 263 cm³/mol. The zero-order valence-corrected chi connectivity index (χ0v) is 42.2. The number of benzene rings is 1. The van der Waals surface area contributed by atoms with Crippen molar-refractivity contribution in [3.05, 3.63) is 35.4 Å². The van der Waals surface area contributed by atoms with Gasteiger partial charge in [-0.25, -0.2) is 0 Å². The molecule has 19 heteroatoms. The van der Waals surface area contributed by atoms with E-state index >= 15 is 0 Å². The molecule has 0 bridgehead atoms. The topological polar surface area (TPSA) is 258 Å². The van der Waals surface area contributed by atoms with Crippen LogP contribution in [0.2, 0.25) is 0 Å². The summed E-state index contributed by atoms with van der Waals surface area (Å²) in [5.41, 5.74) is 0.860. The molecular weight excluding hydrogens is 901 g/mol. The van der Waals surface area contributed by atoms with E-state index in [1.54, 1.807) is 24.3 Å². The van der Waals surface area contributed by atoms with Crippen molar-refractivity contribution in [1.82, 2.24) is 41.3 Å². The van der Waals surface area contributed by atoms with E-state index in [1.165, 1.54) is 32.6 Å². The first kappa shape index (κ1) is 58.8. The molecule has 2 fully saturated rings. The van der Waals surface area contributed by atoms with Crippen molar-refractivity contribution in [1.29, 1.82) is 0 Å². The summed E-state index contributed by atoms with van der Waals surface area (Å²) in [4.78, 5) is 142. The highest BCUT2D eigenvalue weighted by Gasteiger charge is 2.46. The lowest BCUT2D eigenvalue weighted by Gasteiger charge is -2.46. The Morgan fingerprint density at radius 1 is 0.514 bits per heavy atom. The molecule has 0 radical (unpaired) electrons. The number of carbonyl (C=O) groups is 11. The summed E-state index contributed by atoms with van der Waals surface area (Å²) in [5.74, 6) is -4.26. The highest BCUT2D eigenvalue weighted by Crippen LogP contribution is 2.36. The molecule has 1 aliphatic heterocycles. The fourth-order valence-electron chi connectivity index (χ4n) is 9.37. The fraction of sp³-hybridized carbons (Fsp3) is 0.667. The van der Waals surface area contributed by atoms with Crippen LogP contribution in [-0.4, -0.2) is 169 Å². The van der Waals surface area contributed by atoms with Crippen LogP contribution in [0.3, 0.4) is 0 Å². The second-order valence-electron chi connectivity index (χ2n) is 18.5. The number of nitrogens with zero attached hydrogens (tertiary/aromatic N) is 3. The molecule has 1 aromatic carbocycles. The van der Waals surface area contributed by atoms with Crippen LogP contribution in [0.4, 0.5) is 0 Å². The Labute approximate surface area is 413 Å². The Bertz CT molecular complexity index is 1960. The lowest BCUT2D eigenvalue weighted by atomic mass is 9.88. The zero-order valence-electron chi connectivity index (χ0n) is 42.2. The molecule has 5 amide bonds. The number of likely N-dealkylation sites (N-methyl/N-ethyl adjacent to an activating group) is 3. The van der Waals surface area contributed by atoms with Crippen molar-refractivity contribution in [2.24, 2.45) is 0 Å². The molecule has 1 aliphatic carbocycles.